The van der Waals surface area contributed by atoms with Gasteiger partial charge in [-0.2, -0.15) is 0 Å². The van der Waals surface area contributed by atoms with Crippen molar-refractivity contribution in [2.75, 3.05) is 293 Å². The number of methoxy groups -OCH3 is 5. The van der Waals surface area contributed by atoms with E-state index in [1.54, 1.807) is 49.4 Å². The van der Waals surface area contributed by atoms with Crippen LogP contribution >= 0.6 is 0 Å². The third-order valence-electron chi connectivity index (χ3n) is 13.6. The third kappa shape index (κ3) is 40.7. The topological polar surface area (TPSA) is 295 Å². The van der Waals surface area contributed by atoms with E-state index in [1.807, 2.05) is 30.3 Å². The first-order valence-corrected chi connectivity index (χ1v) is 33.5. The third-order valence-corrected chi connectivity index (χ3v) is 13.6. The van der Waals surface area contributed by atoms with Gasteiger partial charge in [-0.1, -0.05) is 30.3 Å². The van der Waals surface area contributed by atoms with Crippen LogP contribution < -0.4 is 33.7 Å². The molecule has 99 heavy (non-hydrogen) atoms. The van der Waals surface area contributed by atoms with E-state index in [4.69, 9.17) is 128 Å². The van der Waals surface area contributed by atoms with Crippen molar-refractivity contribution in [3.05, 3.63) is 71.3 Å². The number of hydrogen-bond donors (Lipinski definition) is 1. The van der Waals surface area contributed by atoms with Crippen LogP contribution in [0.2, 0.25) is 0 Å². The Kier molecular flexibility index (Phi) is 49.6. The molecule has 0 radical (unpaired) electrons. The summed E-state index contributed by atoms with van der Waals surface area (Å²) in [7, 11) is 7.99. The maximum atomic E-state index is 15.0. The number of carbonyl (C=O) groups excluding carboxylic acids is 2. The Balaban J connectivity index is 1.62. The lowest BCUT2D eigenvalue weighted by Crippen LogP contribution is -2.63. The van der Waals surface area contributed by atoms with Crippen LogP contribution in [0.1, 0.15) is 40.1 Å². The molecule has 0 aromatic heterocycles. The predicted molar refractivity (Wildman–Crippen MR) is 358 cm³/mol. The lowest BCUT2D eigenvalue weighted by molar-refractivity contribution is -0.273. The molecule has 1 N–H and O–H groups in total. The molecule has 0 bridgehead atoms. The fraction of sp³-hybridized carbons (Fsp3) is 0.710. The van der Waals surface area contributed by atoms with E-state index in [9.17, 15) is 9.59 Å². The Labute approximate surface area is 583 Å². The smallest absolute Gasteiger partial charge is 0.338 e. The van der Waals surface area contributed by atoms with Crippen LogP contribution in [0, 0.1) is 0 Å². The Morgan fingerprint density at radius 3 is 0.939 bits per heavy atom. The molecule has 3 aromatic rings. The van der Waals surface area contributed by atoms with E-state index >= 15 is 0 Å². The average Bonchev–Trinajstić information content (AvgIpc) is 0.812. The molecule has 1 amide bonds. The standard InChI is InChI=1S/C69H111NO29/c1-68(2)98-55-69(56-99-68,70-66(71)58-49-60(91-43-37-84-29-23-78-18-13-73-3)64(95-47-41-88-32-26-81-21-16-76-6)61(50-58)92-44-38-85-30-24-79-19-14-74-4)54-97-67(72)59-51-62(93-45-39-86-31-25-80-20-15-75-5)65(96-48-42-89-33-27-82-22-17-77-7)63(52-59)94-46-40-87-34-28-83-35-36-90-53-57-11-9-8-10-12-57/h8-12,49-52H,13-48,53-56H2,1-7H3,(H,70,71). The van der Waals surface area contributed by atoms with Crippen LogP contribution in [-0.4, -0.2) is 316 Å². The van der Waals surface area contributed by atoms with E-state index in [1.165, 1.54) is 24.3 Å². The van der Waals surface area contributed by atoms with Gasteiger partial charge in [0.1, 0.15) is 51.8 Å². The maximum Gasteiger partial charge on any atom is 0.338 e. The van der Waals surface area contributed by atoms with Crippen LogP contribution in [0.3, 0.4) is 0 Å². The largest absolute Gasteiger partial charge is 0.487 e. The van der Waals surface area contributed by atoms with Crippen LogP contribution in [-0.2, 0) is 106 Å². The van der Waals surface area contributed by atoms with E-state index in [2.05, 4.69) is 5.32 Å². The Morgan fingerprint density at radius 2 is 0.626 bits per heavy atom. The number of esters is 1. The second kappa shape index (κ2) is 57.1. The van der Waals surface area contributed by atoms with Gasteiger partial charge in [0, 0.05) is 41.1 Å². The highest BCUT2D eigenvalue weighted by Gasteiger charge is 2.43. The fourth-order valence-corrected chi connectivity index (χ4v) is 8.39. The predicted octanol–water partition coefficient (Wildman–Crippen LogP) is 4.72. The SMILES string of the molecule is COCCOCCOCCOc1cc(C(=O)NC2(COC(=O)c3cc(OCCOCCOCCOC)c(OCCOCCOCCOC)c(OCCOCCOCCOCc4ccccc4)c3)COC(C)(C)OC2)cc(OCCOCCOCCOC)c1OCCOCCOCCOC. The first-order chi connectivity index (χ1) is 48.6. The van der Waals surface area contributed by atoms with E-state index < -0.39 is 29.8 Å². The van der Waals surface area contributed by atoms with Crippen molar-refractivity contribution in [2.24, 2.45) is 0 Å². The van der Waals surface area contributed by atoms with Crippen molar-refractivity contribution in [3.63, 3.8) is 0 Å². The zero-order valence-electron chi connectivity index (χ0n) is 59.3. The molecule has 1 aliphatic rings. The second-order valence-corrected chi connectivity index (χ2v) is 21.8. The van der Waals surface area contributed by atoms with Crippen molar-refractivity contribution >= 4 is 11.9 Å². The summed E-state index contributed by atoms with van der Waals surface area (Å²) in [4.78, 5) is 29.6. The molecule has 566 valence electrons. The summed E-state index contributed by atoms with van der Waals surface area (Å²) >= 11 is 0. The van der Waals surface area contributed by atoms with Gasteiger partial charge in [0.25, 0.3) is 5.91 Å². The number of nitrogens with one attached hydrogen (secondary N) is 1. The van der Waals surface area contributed by atoms with E-state index in [0.717, 1.165) is 5.56 Å². The monoisotopic (exact) mass is 1420 g/mol. The molecule has 0 spiro atoms. The second-order valence-electron chi connectivity index (χ2n) is 21.8. The van der Waals surface area contributed by atoms with Crippen LogP contribution in [0.25, 0.3) is 0 Å². The van der Waals surface area contributed by atoms with Gasteiger partial charge in [-0.25, -0.2) is 4.79 Å². The highest BCUT2D eigenvalue weighted by Crippen LogP contribution is 2.41. The van der Waals surface area contributed by atoms with Gasteiger partial charge in [-0.3, -0.25) is 4.79 Å². The minimum Gasteiger partial charge on any atom is -0.487 e. The minimum absolute atomic E-state index is 0.0118. The molecule has 1 heterocycles. The highest BCUT2D eigenvalue weighted by atomic mass is 16.7. The first kappa shape index (κ1) is 86.0. The number of rotatable bonds is 67. The van der Waals surface area contributed by atoms with Gasteiger partial charge in [-0.05, 0) is 43.7 Å². The highest BCUT2D eigenvalue weighted by molar-refractivity contribution is 5.96. The first-order valence-electron chi connectivity index (χ1n) is 33.5. The number of hydrogen-bond acceptors (Lipinski definition) is 29. The molecular weight excluding hydrogens is 1310 g/mol. The molecular formula is C69H111NO29. The molecule has 0 aliphatic carbocycles. The van der Waals surface area contributed by atoms with E-state index in [-0.39, 0.29) is 151 Å². The molecule has 1 saturated heterocycles. The molecule has 1 fully saturated rings. The summed E-state index contributed by atoms with van der Waals surface area (Å²) in [5, 5.41) is 3.06. The minimum atomic E-state index is -1.47. The Morgan fingerprint density at radius 1 is 0.354 bits per heavy atom. The van der Waals surface area contributed by atoms with Crippen LogP contribution in [0.5, 0.6) is 34.5 Å². The lowest BCUT2D eigenvalue weighted by atomic mass is 10.00. The normalized spacial score (nSPS) is 13.3. The van der Waals surface area contributed by atoms with Crippen LogP contribution in [0.4, 0.5) is 0 Å². The molecule has 30 nitrogen and oxygen atoms in total. The van der Waals surface area contributed by atoms with Crippen molar-refractivity contribution in [2.45, 2.75) is 31.8 Å². The zero-order chi connectivity index (χ0) is 70.8. The molecule has 0 saturated carbocycles. The van der Waals surface area contributed by atoms with Gasteiger partial charge < -0.3 is 133 Å². The number of amides is 1. The number of ether oxygens (including phenoxy) is 27. The molecule has 30 heteroatoms. The van der Waals surface area contributed by atoms with Gasteiger partial charge in [0.2, 0.25) is 11.5 Å². The van der Waals surface area contributed by atoms with E-state index in [0.29, 0.717) is 152 Å². The molecule has 1 aliphatic heterocycles. The quantitative estimate of drug-likeness (QED) is 0.0591. The number of carbonyl (C=O) groups is 2. The van der Waals surface area contributed by atoms with Crippen LogP contribution in [0.15, 0.2) is 54.6 Å². The Bertz CT molecular complexity index is 2410. The summed E-state index contributed by atoms with van der Waals surface area (Å²) in [5.74, 6) is -1.58. The van der Waals surface area contributed by atoms with Crippen molar-refractivity contribution in [1.29, 1.82) is 0 Å². The fourth-order valence-electron chi connectivity index (χ4n) is 8.39. The summed E-state index contributed by atoms with van der Waals surface area (Å²) in [6.45, 7) is 13.4. The summed E-state index contributed by atoms with van der Waals surface area (Å²) in [5.41, 5.74) is -0.306. The molecule has 0 atom stereocenters. The molecule has 3 aromatic carbocycles. The number of benzene rings is 3. The van der Waals surface area contributed by atoms with Gasteiger partial charge >= 0.3 is 5.97 Å². The van der Waals surface area contributed by atoms with Crippen molar-refractivity contribution < 1.29 is 137 Å². The van der Waals surface area contributed by atoms with Crippen molar-refractivity contribution in [1.82, 2.24) is 5.32 Å². The zero-order valence-corrected chi connectivity index (χ0v) is 59.3. The maximum absolute atomic E-state index is 15.0. The van der Waals surface area contributed by atoms with Gasteiger partial charge in [0.15, 0.2) is 28.8 Å². The average molecular weight is 1420 g/mol. The van der Waals surface area contributed by atoms with Gasteiger partial charge in [0.05, 0.1) is 224 Å². The summed E-state index contributed by atoms with van der Waals surface area (Å²) < 4.78 is 156. The summed E-state index contributed by atoms with van der Waals surface area (Å²) in [6, 6.07) is 15.9. The van der Waals surface area contributed by atoms with Gasteiger partial charge in [-0.15, -0.1) is 0 Å². The lowest BCUT2D eigenvalue weighted by Gasteiger charge is -2.43. The molecule has 0 unspecified atom stereocenters. The summed E-state index contributed by atoms with van der Waals surface area (Å²) in [6.07, 6.45) is 0. The molecule has 4 rings (SSSR count). The van der Waals surface area contributed by atoms with Crippen molar-refractivity contribution in [3.8, 4) is 34.5 Å². The Hall–Kier alpha value is -5.40.